The van der Waals surface area contributed by atoms with Crippen molar-refractivity contribution in [3.8, 4) is 11.5 Å². The van der Waals surface area contributed by atoms with Crippen LogP contribution in [-0.4, -0.2) is 13.5 Å². The van der Waals surface area contributed by atoms with Crippen molar-refractivity contribution < 1.29 is 17.7 Å². The van der Waals surface area contributed by atoms with Gasteiger partial charge in [0.25, 0.3) is 0 Å². The number of halogens is 2. The highest BCUT2D eigenvalue weighted by Crippen LogP contribution is 2.30. The van der Waals surface area contributed by atoms with Crippen molar-refractivity contribution in [1.29, 1.82) is 0 Å². The van der Waals surface area contributed by atoms with E-state index in [2.05, 4.69) is 0 Å². The molecule has 100 valence electrons. The zero-order valence-corrected chi connectivity index (χ0v) is 11.7. The quantitative estimate of drug-likeness (QED) is 0.880. The summed E-state index contributed by atoms with van der Waals surface area (Å²) in [6.07, 6.45) is 0. The summed E-state index contributed by atoms with van der Waals surface area (Å²) < 4.78 is 28.8. The molecule has 0 atom stereocenters. The lowest BCUT2D eigenvalue weighted by atomic mass is 10.3. The molecule has 0 radical (unpaired) electrons. The van der Waals surface area contributed by atoms with E-state index in [-0.39, 0.29) is 21.4 Å². The minimum Gasteiger partial charge on any atom is -0.508 e. The molecule has 0 unspecified atom stereocenters. The predicted molar refractivity (Wildman–Crippen MR) is 72.4 cm³/mol. The lowest BCUT2D eigenvalue weighted by molar-refractivity contribution is 0.473. The van der Waals surface area contributed by atoms with E-state index in [4.69, 9.17) is 32.5 Å². The van der Waals surface area contributed by atoms with Crippen molar-refractivity contribution in [3.63, 3.8) is 0 Å². The highest BCUT2D eigenvalue weighted by Gasteiger charge is 2.18. The van der Waals surface area contributed by atoms with Gasteiger partial charge in [0, 0.05) is 5.02 Å². The lowest BCUT2D eigenvalue weighted by Crippen LogP contribution is -2.09. The molecule has 0 heterocycles. The standard InChI is InChI=1S/C12H8Cl2O4S/c13-8-1-6-12(11(14)7-8)18-19(16,17)10-4-2-9(15)3-5-10/h1-7,15H. The van der Waals surface area contributed by atoms with Crippen molar-refractivity contribution in [1.82, 2.24) is 0 Å². The Morgan fingerprint density at radius 1 is 1.00 bits per heavy atom. The van der Waals surface area contributed by atoms with Crippen molar-refractivity contribution in [3.05, 3.63) is 52.5 Å². The van der Waals surface area contributed by atoms with Gasteiger partial charge in [-0.2, -0.15) is 8.42 Å². The SMILES string of the molecule is O=S(=O)(Oc1ccc(Cl)cc1Cl)c1ccc(O)cc1. The molecule has 0 spiro atoms. The van der Waals surface area contributed by atoms with E-state index in [1.54, 1.807) is 0 Å². The van der Waals surface area contributed by atoms with Crippen LogP contribution in [0.4, 0.5) is 0 Å². The van der Waals surface area contributed by atoms with Crippen LogP contribution >= 0.6 is 23.2 Å². The second-order valence-corrected chi connectivity index (χ2v) is 6.00. The van der Waals surface area contributed by atoms with Crippen LogP contribution in [0, 0.1) is 0 Å². The largest absolute Gasteiger partial charge is 0.508 e. The first-order valence-electron chi connectivity index (χ1n) is 5.07. The molecule has 0 fully saturated rings. The van der Waals surface area contributed by atoms with E-state index < -0.39 is 10.1 Å². The summed E-state index contributed by atoms with van der Waals surface area (Å²) in [5.41, 5.74) is 0. The maximum absolute atomic E-state index is 12.0. The highest BCUT2D eigenvalue weighted by atomic mass is 35.5. The second-order valence-electron chi connectivity index (χ2n) is 3.61. The molecule has 2 rings (SSSR count). The van der Waals surface area contributed by atoms with E-state index in [9.17, 15) is 8.42 Å². The van der Waals surface area contributed by atoms with Gasteiger partial charge in [-0.3, -0.25) is 0 Å². The Morgan fingerprint density at radius 3 is 2.21 bits per heavy atom. The van der Waals surface area contributed by atoms with Crippen LogP contribution in [0.5, 0.6) is 11.5 Å². The van der Waals surface area contributed by atoms with Crippen LogP contribution in [-0.2, 0) is 10.1 Å². The van der Waals surface area contributed by atoms with E-state index in [1.807, 2.05) is 0 Å². The zero-order valence-electron chi connectivity index (χ0n) is 9.38. The van der Waals surface area contributed by atoms with E-state index in [1.165, 1.54) is 42.5 Å². The monoisotopic (exact) mass is 318 g/mol. The summed E-state index contributed by atoms with van der Waals surface area (Å²) >= 11 is 11.5. The van der Waals surface area contributed by atoms with E-state index >= 15 is 0 Å². The molecular formula is C12H8Cl2O4S. The van der Waals surface area contributed by atoms with Gasteiger partial charge in [-0.25, -0.2) is 0 Å². The molecule has 0 bridgehead atoms. The Labute approximate surface area is 120 Å². The Morgan fingerprint density at radius 2 is 1.63 bits per heavy atom. The third-order valence-corrected chi connectivity index (χ3v) is 4.00. The Hall–Kier alpha value is -1.43. The molecule has 4 nitrogen and oxygen atoms in total. The third-order valence-electron chi connectivity index (χ3n) is 2.22. The van der Waals surface area contributed by atoms with Crippen LogP contribution < -0.4 is 4.18 Å². The minimum atomic E-state index is -4.00. The topological polar surface area (TPSA) is 63.6 Å². The van der Waals surface area contributed by atoms with Gasteiger partial charge in [-0.15, -0.1) is 0 Å². The van der Waals surface area contributed by atoms with Gasteiger partial charge in [0.15, 0.2) is 5.75 Å². The molecule has 0 amide bonds. The number of hydrogen-bond donors (Lipinski definition) is 1. The maximum atomic E-state index is 12.0. The molecule has 1 N–H and O–H groups in total. The van der Waals surface area contributed by atoms with Crippen LogP contribution in [0.1, 0.15) is 0 Å². The first-order valence-corrected chi connectivity index (χ1v) is 7.23. The first-order chi connectivity index (χ1) is 8.88. The van der Waals surface area contributed by atoms with Gasteiger partial charge in [0.05, 0.1) is 5.02 Å². The van der Waals surface area contributed by atoms with Crippen LogP contribution in [0.2, 0.25) is 10.0 Å². The Balaban J connectivity index is 2.33. The molecule has 0 saturated carbocycles. The van der Waals surface area contributed by atoms with Gasteiger partial charge in [0.2, 0.25) is 0 Å². The van der Waals surface area contributed by atoms with Crippen LogP contribution in [0.15, 0.2) is 47.4 Å². The number of phenolic OH excluding ortho intramolecular Hbond substituents is 1. The fraction of sp³-hybridized carbons (Fsp3) is 0. The number of rotatable bonds is 3. The highest BCUT2D eigenvalue weighted by molar-refractivity contribution is 7.87. The van der Waals surface area contributed by atoms with Gasteiger partial charge in [-0.05, 0) is 42.5 Å². The summed E-state index contributed by atoms with van der Waals surface area (Å²) in [5.74, 6) is -0.0531. The smallest absolute Gasteiger partial charge is 0.339 e. The number of benzene rings is 2. The van der Waals surface area contributed by atoms with Gasteiger partial charge in [0.1, 0.15) is 10.6 Å². The Bertz CT molecular complexity index is 696. The fourth-order valence-electron chi connectivity index (χ4n) is 1.32. The minimum absolute atomic E-state index is 0.0147. The molecule has 0 aliphatic carbocycles. The third kappa shape index (κ3) is 3.32. The molecule has 0 aliphatic rings. The van der Waals surface area contributed by atoms with Gasteiger partial charge < -0.3 is 9.29 Å². The maximum Gasteiger partial charge on any atom is 0.339 e. The summed E-state index contributed by atoms with van der Waals surface area (Å²) in [6, 6.07) is 9.17. The number of phenols is 1. The normalized spacial score (nSPS) is 11.3. The second kappa shape index (κ2) is 5.28. The number of aromatic hydroxyl groups is 1. The molecule has 0 saturated heterocycles. The van der Waals surface area contributed by atoms with Crippen LogP contribution in [0.25, 0.3) is 0 Å². The number of hydrogen-bond acceptors (Lipinski definition) is 4. The molecule has 0 aliphatic heterocycles. The van der Waals surface area contributed by atoms with E-state index in [0.29, 0.717) is 5.02 Å². The summed E-state index contributed by atoms with van der Waals surface area (Å²) in [6.45, 7) is 0. The molecule has 2 aromatic carbocycles. The lowest BCUT2D eigenvalue weighted by Gasteiger charge is -2.08. The molecule has 7 heteroatoms. The van der Waals surface area contributed by atoms with Crippen LogP contribution in [0.3, 0.4) is 0 Å². The first kappa shape index (κ1) is 14.0. The molecule has 19 heavy (non-hydrogen) atoms. The van der Waals surface area contributed by atoms with Crippen molar-refractivity contribution >= 4 is 33.3 Å². The van der Waals surface area contributed by atoms with Crippen molar-refractivity contribution in [2.45, 2.75) is 4.90 Å². The van der Waals surface area contributed by atoms with Crippen molar-refractivity contribution in [2.24, 2.45) is 0 Å². The van der Waals surface area contributed by atoms with Gasteiger partial charge in [-0.1, -0.05) is 23.2 Å². The summed E-state index contributed by atoms with van der Waals surface area (Å²) in [5, 5.41) is 9.58. The molecular weight excluding hydrogens is 311 g/mol. The Kier molecular flexibility index (Phi) is 3.89. The summed E-state index contributed by atoms with van der Waals surface area (Å²) in [4.78, 5) is -0.0867. The average molecular weight is 319 g/mol. The van der Waals surface area contributed by atoms with Gasteiger partial charge >= 0.3 is 10.1 Å². The predicted octanol–water partition coefficient (Wildman–Crippen LogP) is 3.47. The molecule has 0 aromatic heterocycles. The average Bonchev–Trinajstić information content (AvgIpc) is 2.33. The fourth-order valence-corrected chi connectivity index (χ4v) is 2.76. The zero-order chi connectivity index (χ0) is 14.0. The van der Waals surface area contributed by atoms with E-state index in [0.717, 1.165) is 0 Å². The van der Waals surface area contributed by atoms with Crippen molar-refractivity contribution in [2.75, 3.05) is 0 Å². The summed E-state index contributed by atoms with van der Waals surface area (Å²) in [7, 11) is -4.00. The molecule has 2 aromatic rings.